The number of carbonyl (C=O) groups is 2. The van der Waals surface area contributed by atoms with Crippen molar-refractivity contribution in [3.05, 3.63) is 77.9 Å². The van der Waals surface area contributed by atoms with E-state index >= 15 is 0 Å². The number of hydrogen-bond acceptors (Lipinski definition) is 4. The van der Waals surface area contributed by atoms with Crippen molar-refractivity contribution in [3.8, 4) is 0 Å². The summed E-state index contributed by atoms with van der Waals surface area (Å²) in [7, 11) is 1.58. The van der Waals surface area contributed by atoms with Crippen molar-refractivity contribution in [2.75, 3.05) is 33.3 Å². The van der Waals surface area contributed by atoms with Crippen LogP contribution in [0.4, 0.5) is 0 Å². The van der Waals surface area contributed by atoms with E-state index in [0.717, 1.165) is 44.6 Å². The molecule has 0 saturated carbocycles. The average Bonchev–Trinajstić information content (AvgIpc) is 2.81. The second-order valence-corrected chi connectivity index (χ2v) is 7.43. The Bertz CT molecular complexity index is 788. The van der Waals surface area contributed by atoms with E-state index in [-0.39, 0.29) is 12.4 Å². The fourth-order valence-corrected chi connectivity index (χ4v) is 3.64. The van der Waals surface area contributed by atoms with Gasteiger partial charge in [-0.15, -0.1) is 0 Å². The summed E-state index contributed by atoms with van der Waals surface area (Å²) in [5.41, 5.74) is 2.13. The van der Waals surface area contributed by atoms with Gasteiger partial charge in [-0.25, -0.2) is 0 Å². The first kappa shape index (κ1) is 24.3. The first-order valence-corrected chi connectivity index (χ1v) is 10.5. The van der Waals surface area contributed by atoms with Crippen LogP contribution in [-0.4, -0.2) is 55.7 Å². The maximum atomic E-state index is 12.5. The Morgan fingerprint density at radius 2 is 1.71 bits per heavy atom. The molecule has 0 aliphatic carbocycles. The Morgan fingerprint density at radius 3 is 2.29 bits per heavy atom. The lowest BCUT2D eigenvalue weighted by Crippen LogP contribution is -2.40. The lowest BCUT2D eigenvalue weighted by Gasteiger charge is -2.31. The van der Waals surface area contributed by atoms with Crippen LogP contribution in [0, 0.1) is 5.92 Å². The molecule has 6 heteroatoms. The van der Waals surface area contributed by atoms with Crippen LogP contribution in [0.3, 0.4) is 0 Å². The number of ether oxygens (including phenoxy) is 1. The number of rotatable bonds is 8. The molecule has 0 unspecified atom stereocenters. The predicted molar refractivity (Wildman–Crippen MR) is 123 cm³/mol. The summed E-state index contributed by atoms with van der Waals surface area (Å²) in [5, 5.41) is 9.97. The topological polar surface area (TPSA) is 78.9 Å². The fourth-order valence-electron chi connectivity index (χ4n) is 3.64. The lowest BCUT2D eigenvalue weighted by atomic mass is 9.96. The molecule has 1 aliphatic rings. The van der Waals surface area contributed by atoms with Gasteiger partial charge in [0.15, 0.2) is 6.10 Å². The summed E-state index contributed by atoms with van der Waals surface area (Å²) < 4.78 is 5.41. The summed E-state index contributed by atoms with van der Waals surface area (Å²) >= 11 is 0. The van der Waals surface area contributed by atoms with E-state index in [1.165, 1.54) is 5.56 Å². The largest absolute Gasteiger partial charge is 0.483 e. The average molecular weight is 425 g/mol. The maximum Gasteiger partial charge on any atom is 0.290 e. The molecule has 1 heterocycles. The molecular weight excluding hydrogens is 392 g/mol. The molecule has 2 aromatic rings. The van der Waals surface area contributed by atoms with Gasteiger partial charge >= 0.3 is 0 Å². The van der Waals surface area contributed by atoms with Crippen molar-refractivity contribution < 1.29 is 19.4 Å². The molecule has 1 fully saturated rings. The fraction of sp³-hybridized carbons (Fsp3) is 0.360. The summed E-state index contributed by atoms with van der Waals surface area (Å²) in [6.07, 6.45) is 6.11. The minimum Gasteiger partial charge on any atom is -0.483 e. The monoisotopic (exact) mass is 424 g/mol. The normalized spacial score (nSPS) is 15.6. The Balaban J connectivity index is 0.00000107. The first-order chi connectivity index (χ1) is 15.2. The molecule has 1 aliphatic heterocycles. The minimum absolute atomic E-state index is 0.0538. The number of piperidine rings is 1. The first-order valence-electron chi connectivity index (χ1n) is 10.5. The highest BCUT2D eigenvalue weighted by molar-refractivity contribution is 5.82. The second-order valence-electron chi connectivity index (χ2n) is 7.43. The molecule has 1 atom stereocenters. The van der Waals surface area contributed by atoms with Crippen LogP contribution in [0.25, 0.3) is 6.08 Å². The van der Waals surface area contributed by atoms with Gasteiger partial charge in [0.2, 0.25) is 0 Å². The van der Waals surface area contributed by atoms with Crippen LogP contribution in [-0.2, 0) is 14.3 Å². The zero-order valence-electron chi connectivity index (χ0n) is 18.0. The molecule has 1 saturated heterocycles. The highest BCUT2D eigenvalue weighted by atomic mass is 16.5. The number of nitrogens with zero attached hydrogens (tertiary/aromatic N) is 1. The van der Waals surface area contributed by atoms with Crippen LogP contribution in [0.1, 0.15) is 30.1 Å². The van der Waals surface area contributed by atoms with Crippen molar-refractivity contribution in [1.82, 2.24) is 10.2 Å². The van der Waals surface area contributed by atoms with Crippen molar-refractivity contribution in [2.45, 2.75) is 18.9 Å². The molecular formula is C25H32N2O4. The number of nitrogens with one attached hydrogen (secondary N) is 1. The smallest absolute Gasteiger partial charge is 0.290 e. The molecule has 0 radical (unpaired) electrons. The Hall–Kier alpha value is -2.96. The van der Waals surface area contributed by atoms with Gasteiger partial charge in [-0.05, 0) is 43.0 Å². The molecule has 0 bridgehead atoms. The molecule has 3 rings (SSSR count). The van der Waals surface area contributed by atoms with Crippen molar-refractivity contribution in [1.29, 1.82) is 0 Å². The summed E-state index contributed by atoms with van der Waals surface area (Å²) in [5.74, 6) is 0.480. The highest BCUT2D eigenvalue weighted by Gasteiger charge is 2.23. The van der Waals surface area contributed by atoms with Gasteiger partial charge in [-0.3, -0.25) is 14.5 Å². The van der Waals surface area contributed by atoms with E-state index in [9.17, 15) is 4.79 Å². The van der Waals surface area contributed by atoms with Crippen molar-refractivity contribution >= 4 is 18.5 Å². The third-order valence-corrected chi connectivity index (χ3v) is 5.32. The van der Waals surface area contributed by atoms with E-state index in [1.807, 2.05) is 36.4 Å². The molecule has 6 nitrogen and oxygen atoms in total. The molecule has 166 valence electrons. The number of benzene rings is 2. The third-order valence-electron chi connectivity index (χ3n) is 5.32. The predicted octanol–water partition coefficient (Wildman–Crippen LogP) is 3.62. The maximum absolute atomic E-state index is 12.5. The zero-order valence-corrected chi connectivity index (χ0v) is 18.0. The van der Waals surface area contributed by atoms with Crippen molar-refractivity contribution in [2.24, 2.45) is 5.92 Å². The quantitative estimate of drug-likeness (QED) is 0.633. The molecule has 0 spiro atoms. The van der Waals surface area contributed by atoms with Gasteiger partial charge in [0.25, 0.3) is 12.4 Å². The van der Waals surface area contributed by atoms with Crippen LogP contribution in [0.15, 0.2) is 66.7 Å². The number of carbonyl (C=O) groups excluding carboxylic acids is 1. The Morgan fingerprint density at radius 1 is 1.13 bits per heavy atom. The standard InChI is InChI=1S/C24H30N2O2.CH2O2/c1-28-23(22-12-6-3-7-13-22)24(27)25-19-21-14-17-26(18-15-21)16-8-11-20-9-4-2-5-10-20;2-1-3/h2-13,21,23H,14-19H2,1H3,(H,25,27);1H,(H,2,3)/b11-8+;/t23-;/m0./s1. The zero-order chi connectivity index (χ0) is 22.3. The van der Waals surface area contributed by atoms with E-state index in [1.54, 1.807) is 7.11 Å². The Labute approximate surface area is 184 Å². The van der Waals surface area contributed by atoms with E-state index in [2.05, 4.69) is 46.6 Å². The summed E-state index contributed by atoms with van der Waals surface area (Å²) in [4.78, 5) is 23.3. The molecule has 0 aromatic heterocycles. The second kappa shape index (κ2) is 14.1. The van der Waals surface area contributed by atoms with Crippen molar-refractivity contribution in [3.63, 3.8) is 0 Å². The third kappa shape index (κ3) is 8.74. The van der Waals surface area contributed by atoms with Gasteiger partial charge in [0.1, 0.15) is 0 Å². The van der Waals surface area contributed by atoms with Gasteiger partial charge in [0.05, 0.1) is 0 Å². The van der Waals surface area contributed by atoms with Crippen LogP contribution < -0.4 is 5.32 Å². The van der Waals surface area contributed by atoms with E-state index in [4.69, 9.17) is 14.6 Å². The summed E-state index contributed by atoms with van der Waals surface area (Å²) in [6.45, 7) is 3.60. The number of carboxylic acid groups (broad SMARTS) is 1. The van der Waals surface area contributed by atoms with Crippen LogP contribution >= 0.6 is 0 Å². The lowest BCUT2D eigenvalue weighted by molar-refractivity contribution is -0.131. The van der Waals surface area contributed by atoms with E-state index < -0.39 is 6.10 Å². The van der Waals surface area contributed by atoms with Gasteiger partial charge in [-0.1, -0.05) is 72.8 Å². The summed E-state index contributed by atoms with van der Waals surface area (Å²) in [6, 6.07) is 20.0. The molecule has 2 aromatic carbocycles. The molecule has 31 heavy (non-hydrogen) atoms. The number of amides is 1. The van der Waals surface area contributed by atoms with Crippen LogP contribution in [0.5, 0.6) is 0 Å². The number of hydrogen-bond donors (Lipinski definition) is 2. The molecule has 1 amide bonds. The number of likely N-dealkylation sites (tertiary alicyclic amines) is 1. The highest BCUT2D eigenvalue weighted by Crippen LogP contribution is 2.19. The SMILES string of the molecule is CO[C@H](C(=O)NCC1CCN(C/C=C/c2ccccc2)CC1)c1ccccc1.O=CO. The van der Waals surface area contributed by atoms with Crippen LogP contribution in [0.2, 0.25) is 0 Å². The Kier molecular flexibility index (Phi) is 11.1. The van der Waals surface area contributed by atoms with Gasteiger partial charge in [-0.2, -0.15) is 0 Å². The molecule has 2 N–H and O–H groups in total. The van der Waals surface area contributed by atoms with Gasteiger partial charge < -0.3 is 15.2 Å². The number of methoxy groups -OCH3 is 1. The van der Waals surface area contributed by atoms with Gasteiger partial charge in [0, 0.05) is 20.2 Å². The van der Waals surface area contributed by atoms with E-state index in [0.29, 0.717) is 5.92 Å². The minimum atomic E-state index is -0.538.